The number of halogens is 1. The van der Waals surface area contributed by atoms with Gasteiger partial charge in [-0.25, -0.2) is 9.78 Å². The van der Waals surface area contributed by atoms with Gasteiger partial charge >= 0.3 is 6.09 Å². The van der Waals surface area contributed by atoms with E-state index in [0.717, 1.165) is 34.0 Å². The van der Waals surface area contributed by atoms with Gasteiger partial charge in [0.25, 0.3) is 5.91 Å². The van der Waals surface area contributed by atoms with Gasteiger partial charge in [0.05, 0.1) is 6.54 Å². The van der Waals surface area contributed by atoms with Gasteiger partial charge in [0, 0.05) is 41.4 Å². The molecule has 2 heterocycles. The second-order valence-electron chi connectivity index (χ2n) is 8.86. The molecule has 2 amide bonds. The van der Waals surface area contributed by atoms with Crippen molar-refractivity contribution in [1.82, 2.24) is 14.9 Å². The number of hydrogen-bond acceptors (Lipinski definition) is 4. The van der Waals surface area contributed by atoms with Crippen molar-refractivity contribution in [3.63, 3.8) is 0 Å². The molecule has 1 N–H and O–H groups in total. The monoisotopic (exact) mass is 460 g/mol. The minimum absolute atomic E-state index is 0.0307. The molecular weight excluding hydrogens is 436 g/mol. The van der Waals surface area contributed by atoms with Crippen LogP contribution in [0.1, 0.15) is 55.1 Å². The summed E-state index contributed by atoms with van der Waals surface area (Å²) in [5.41, 5.74) is 2.33. The summed E-state index contributed by atoms with van der Waals surface area (Å²) in [6, 6.07) is 4.01. The van der Waals surface area contributed by atoms with E-state index in [4.69, 9.17) is 4.74 Å². The zero-order valence-electron chi connectivity index (χ0n) is 17.1. The molecule has 1 aliphatic carbocycles. The standard InChI is InChI=1S/C21H25BrN4O3/c1-20(2,3)29-19(28)25(4)18-23-7-8-26(18)11-13-9-14-16(15(22)10-13)21(5-6-21)12-24-17(14)27/h7-10H,5-6,11-12H2,1-4H3,(H,24,27). The van der Waals surface area contributed by atoms with Crippen LogP contribution in [0.25, 0.3) is 0 Å². The second-order valence-corrected chi connectivity index (χ2v) is 9.71. The van der Waals surface area contributed by atoms with Crippen LogP contribution in [0.3, 0.4) is 0 Å². The number of amides is 2. The third-order valence-corrected chi connectivity index (χ3v) is 6.01. The number of carbonyl (C=O) groups is 2. The maximum absolute atomic E-state index is 12.5. The quantitative estimate of drug-likeness (QED) is 0.754. The minimum atomic E-state index is -0.585. The zero-order chi connectivity index (χ0) is 21.0. The normalized spacial score (nSPS) is 16.9. The first-order chi connectivity index (χ1) is 13.6. The van der Waals surface area contributed by atoms with Gasteiger partial charge in [0.15, 0.2) is 0 Å². The second kappa shape index (κ2) is 6.86. The number of hydrogen-bond donors (Lipinski definition) is 1. The molecule has 0 atom stereocenters. The topological polar surface area (TPSA) is 76.5 Å². The summed E-state index contributed by atoms with van der Waals surface area (Å²) in [4.78, 5) is 30.6. The lowest BCUT2D eigenvalue weighted by atomic mass is 9.86. The van der Waals surface area contributed by atoms with E-state index in [1.165, 1.54) is 4.90 Å². The molecule has 0 radical (unpaired) electrons. The van der Waals surface area contributed by atoms with Crippen LogP contribution in [0.4, 0.5) is 10.7 Å². The Bertz CT molecular complexity index is 988. The summed E-state index contributed by atoms with van der Waals surface area (Å²) in [7, 11) is 1.64. The van der Waals surface area contributed by atoms with Gasteiger partial charge in [-0.2, -0.15) is 0 Å². The van der Waals surface area contributed by atoms with E-state index in [2.05, 4.69) is 32.3 Å². The SMILES string of the molecule is CN(C(=O)OC(C)(C)C)c1nccn1Cc1cc(Br)c2c(c1)C(=O)NCC21CC1. The summed E-state index contributed by atoms with van der Waals surface area (Å²) in [5.74, 6) is 0.452. The number of fused-ring (bicyclic) bond motifs is 2. The van der Waals surface area contributed by atoms with Crippen molar-refractivity contribution in [1.29, 1.82) is 0 Å². The van der Waals surface area contributed by atoms with Crippen molar-refractivity contribution in [2.24, 2.45) is 0 Å². The molecule has 4 rings (SSSR count). The Balaban J connectivity index is 1.61. The third kappa shape index (κ3) is 3.77. The molecule has 1 spiro atoms. The van der Waals surface area contributed by atoms with Crippen molar-refractivity contribution in [2.45, 2.75) is 51.2 Å². The lowest BCUT2D eigenvalue weighted by Crippen LogP contribution is -2.39. The van der Waals surface area contributed by atoms with E-state index in [1.54, 1.807) is 13.2 Å². The van der Waals surface area contributed by atoms with E-state index in [9.17, 15) is 9.59 Å². The molecule has 29 heavy (non-hydrogen) atoms. The number of imidazole rings is 1. The highest BCUT2D eigenvalue weighted by Crippen LogP contribution is 2.53. The predicted molar refractivity (Wildman–Crippen MR) is 113 cm³/mol. The number of nitrogens with zero attached hydrogens (tertiary/aromatic N) is 3. The van der Waals surface area contributed by atoms with Gasteiger partial charge < -0.3 is 14.6 Å². The fourth-order valence-electron chi connectivity index (χ4n) is 3.82. The van der Waals surface area contributed by atoms with Crippen LogP contribution in [0, 0.1) is 0 Å². The molecule has 1 aromatic carbocycles. The molecule has 2 aliphatic rings. The molecular formula is C21H25BrN4O3. The van der Waals surface area contributed by atoms with E-state index in [1.807, 2.05) is 37.6 Å². The number of carbonyl (C=O) groups excluding carboxylic acids is 2. The minimum Gasteiger partial charge on any atom is -0.443 e. The summed E-state index contributed by atoms with van der Waals surface area (Å²) in [6.07, 6.45) is 5.20. The Morgan fingerprint density at radius 3 is 2.76 bits per heavy atom. The Kier molecular flexibility index (Phi) is 4.72. The molecule has 1 fully saturated rings. The Morgan fingerprint density at radius 2 is 2.10 bits per heavy atom. The number of nitrogens with one attached hydrogen (secondary N) is 1. The van der Waals surface area contributed by atoms with E-state index in [-0.39, 0.29) is 11.3 Å². The van der Waals surface area contributed by atoms with E-state index < -0.39 is 11.7 Å². The van der Waals surface area contributed by atoms with Crippen LogP contribution >= 0.6 is 15.9 Å². The van der Waals surface area contributed by atoms with Gasteiger partial charge in [0.2, 0.25) is 5.95 Å². The lowest BCUT2D eigenvalue weighted by molar-refractivity contribution is 0.0586. The maximum atomic E-state index is 12.5. The molecule has 0 saturated heterocycles. The zero-order valence-corrected chi connectivity index (χ0v) is 18.7. The Hall–Kier alpha value is -2.35. The molecule has 0 bridgehead atoms. The predicted octanol–water partition coefficient (Wildman–Crippen LogP) is 3.84. The molecule has 8 heteroatoms. The lowest BCUT2D eigenvalue weighted by Gasteiger charge is -2.28. The van der Waals surface area contributed by atoms with Crippen molar-refractivity contribution in [3.8, 4) is 0 Å². The highest BCUT2D eigenvalue weighted by Gasteiger charge is 2.50. The van der Waals surface area contributed by atoms with Gasteiger partial charge in [-0.15, -0.1) is 0 Å². The number of ether oxygens (including phenoxy) is 1. The summed E-state index contributed by atoms with van der Waals surface area (Å²) < 4.78 is 8.28. The van der Waals surface area contributed by atoms with Crippen LogP contribution in [0.15, 0.2) is 29.0 Å². The molecule has 1 aromatic heterocycles. The molecule has 7 nitrogen and oxygen atoms in total. The maximum Gasteiger partial charge on any atom is 0.416 e. The molecule has 1 saturated carbocycles. The van der Waals surface area contributed by atoms with Crippen LogP contribution in [-0.4, -0.2) is 40.7 Å². The first-order valence-electron chi connectivity index (χ1n) is 9.69. The van der Waals surface area contributed by atoms with Crippen LogP contribution in [0.5, 0.6) is 0 Å². The van der Waals surface area contributed by atoms with E-state index >= 15 is 0 Å². The number of aromatic nitrogens is 2. The van der Waals surface area contributed by atoms with Crippen molar-refractivity contribution >= 4 is 33.9 Å². The van der Waals surface area contributed by atoms with E-state index in [0.29, 0.717) is 19.0 Å². The van der Waals surface area contributed by atoms with Gasteiger partial charge in [-0.3, -0.25) is 9.69 Å². The smallest absolute Gasteiger partial charge is 0.416 e. The van der Waals surface area contributed by atoms with Gasteiger partial charge in [-0.1, -0.05) is 15.9 Å². The van der Waals surface area contributed by atoms with Crippen LogP contribution < -0.4 is 10.2 Å². The first-order valence-corrected chi connectivity index (χ1v) is 10.5. The molecule has 0 unspecified atom stereocenters. The average Bonchev–Trinajstić information content (AvgIpc) is 3.25. The average molecular weight is 461 g/mol. The highest BCUT2D eigenvalue weighted by atomic mass is 79.9. The van der Waals surface area contributed by atoms with Gasteiger partial charge in [-0.05, 0) is 56.9 Å². The Labute approximate surface area is 178 Å². The van der Waals surface area contributed by atoms with Crippen LogP contribution in [-0.2, 0) is 16.7 Å². The Morgan fingerprint density at radius 1 is 1.38 bits per heavy atom. The molecule has 154 valence electrons. The van der Waals surface area contributed by atoms with Crippen molar-refractivity contribution in [2.75, 3.05) is 18.5 Å². The number of anilines is 1. The number of rotatable bonds is 3. The molecule has 2 aromatic rings. The summed E-state index contributed by atoms with van der Waals surface area (Å²) in [5, 5.41) is 3.02. The third-order valence-electron chi connectivity index (χ3n) is 5.38. The summed E-state index contributed by atoms with van der Waals surface area (Å²) in [6.45, 7) is 6.67. The van der Waals surface area contributed by atoms with Gasteiger partial charge in [0.1, 0.15) is 5.60 Å². The van der Waals surface area contributed by atoms with Crippen LogP contribution in [0.2, 0.25) is 0 Å². The highest BCUT2D eigenvalue weighted by molar-refractivity contribution is 9.10. The molecule has 1 aliphatic heterocycles. The number of benzene rings is 1. The van der Waals surface area contributed by atoms with Crippen molar-refractivity contribution in [3.05, 3.63) is 45.7 Å². The fourth-order valence-corrected chi connectivity index (χ4v) is 4.74. The fraction of sp³-hybridized carbons (Fsp3) is 0.476. The largest absolute Gasteiger partial charge is 0.443 e. The van der Waals surface area contributed by atoms with Crippen molar-refractivity contribution < 1.29 is 14.3 Å². The summed E-state index contributed by atoms with van der Waals surface area (Å²) >= 11 is 3.69. The first kappa shape index (κ1) is 19.9.